The Morgan fingerprint density at radius 1 is 1.14 bits per heavy atom. The van der Waals surface area contributed by atoms with Crippen LogP contribution in [0.25, 0.3) is 17.1 Å². The number of thioether (sulfide) groups is 1. The number of carbonyl (C=O) groups is 1. The standard InChI is InChI=1S/C26H27ClN6O2S2/c1-35-22-11-5-4-10-21(22)33-24(18-8-2-3-9-19(18)27)30-31-26(33)37-17-23-29-20(16-36-23)25(34)28-12-15-32-13-6-7-14-32/h2-5,8-11,16H,6-7,12-15,17H2,1H3,(H,28,34). The highest BCUT2D eigenvalue weighted by Gasteiger charge is 2.21. The quantitative estimate of drug-likeness (QED) is 0.271. The van der Waals surface area contributed by atoms with Gasteiger partial charge in [-0.15, -0.1) is 21.5 Å². The Morgan fingerprint density at radius 2 is 1.92 bits per heavy atom. The van der Waals surface area contributed by atoms with E-state index in [4.69, 9.17) is 16.3 Å². The van der Waals surface area contributed by atoms with E-state index in [9.17, 15) is 4.79 Å². The van der Waals surface area contributed by atoms with E-state index in [1.807, 2.05) is 53.1 Å². The molecule has 0 radical (unpaired) electrons. The third kappa shape index (κ3) is 5.98. The molecule has 1 N–H and O–H groups in total. The molecular formula is C26H27ClN6O2S2. The van der Waals surface area contributed by atoms with E-state index in [1.165, 1.54) is 35.9 Å². The van der Waals surface area contributed by atoms with Crippen LogP contribution >= 0.6 is 34.7 Å². The molecule has 2 aromatic carbocycles. The van der Waals surface area contributed by atoms with Crippen LogP contribution < -0.4 is 10.1 Å². The molecule has 0 aliphatic carbocycles. The van der Waals surface area contributed by atoms with Crippen molar-refractivity contribution in [2.45, 2.75) is 23.8 Å². The van der Waals surface area contributed by atoms with E-state index >= 15 is 0 Å². The zero-order valence-corrected chi connectivity index (χ0v) is 22.8. The van der Waals surface area contributed by atoms with Gasteiger partial charge in [0.1, 0.15) is 16.5 Å². The van der Waals surface area contributed by atoms with Crippen LogP contribution in [0, 0.1) is 0 Å². The number of hydrogen-bond acceptors (Lipinski definition) is 8. The third-order valence-corrected chi connectivity index (χ3v) is 8.40. The van der Waals surface area contributed by atoms with Crippen molar-refractivity contribution >= 4 is 40.6 Å². The molecular weight excluding hydrogens is 528 g/mol. The number of ether oxygens (including phenoxy) is 1. The molecule has 1 saturated heterocycles. The van der Waals surface area contributed by atoms with Crippen LogP contribution in [0.5, 0.6) is 5.75 Å². The van der Waals surface area contributed by atoms with Gasteiger partial charge in [0.05, 0.1) is 23.6 Å². The van der Waals surface area contributed by atoms with Crippen molar-refractivity contribution in [1.82, 2.24) is 30.0 Å². The zero-order chi connectivity index (χ0) is 25.6. The van der Waals surface area contributed by atoms with Crippen molar-refractivity contribution in [2.24, 2.45) is 0 Å². The minimum atomic E-state index is -0.134. The molecule has 0 saturated carbocycles. The average Bonchev–Trinajstić information content (AvgIpc) is 3.69. The van der Waals surface area contributed by atoms with E-state index in [0.717, 1.165) is 35.9 Å². The number of methoxy groups -OCH3 is 1. The lowest BCUT2D eigenvalue weighted by molar-refractivity contribution is 0.0945. The van der Waals surface area contributed by atoms with Gasteiger partial charge in [-0.05, 0) is 50.2 Å². The molecule has 37 heavy (non-hydrogen) atoms. The third-order valence-electron chi connectivity index (χ3n) is 6.10. The van der Waals surface area contributed by atoms with E-state index in [-0.39, 0.29) is 5.91 Å². The lowest BCUT2D eigenvalue weighted by Gasteiger charge is -2.14. The number of amides is 1. The van der Waals surface area contributed by atoms with Crippen LogP contribution in [0.4, 0.5) is 0 Å². The van der Waals surface area contributed by atoms with Crippen molar-refractivity contribution in [2.75, 3.05) is 33.3 Å². The van der Waals surface area contributed by atoms with E-state index in [0.29, 0.717) is 39.7 Å². The van der Waals surface area contributed by atoms with Gasteiger partial charge in [-0.3, -0.25) is 9.36 Å². The second-order valence-corrected chi connectivity index (χ2v) is 10.8. The highest BCUT2D eigenvalue weighted by Crippen LogP contribution is 2.36. The van der Waals surface area contributed by atoms with Gasteiger partial charge < -0.3 is 15.0 Å². The van der Waals surface area contributed by atoms with Gasteiger partial charge in [0.25, 0.3) is 5.91 Å². The first kappa shape index (κ1) is 25.7. The van der Waals surface area contributed by atoms with Crippen molar-refractivity contribution in [3.63, 3.8) is 0 Å². The molecule has 1 amide bonds. The van der Waals surface area contributed by atoms with Gasteiger partial charge in [-0.2, -0.15) is 0 Å². The molecule has 1 aliphatic rings. The largest absolute Gasteiger partial charge is 0.495 e. The summed E-state index contributed by atoms with van der Waals surface area (Å²) in [6.45, 7) is 3.75. The van der Waals surface area contributed by atoms with Gasteiger partial charge >= 0.3 is 0 Å². The highest BCUT2D eigenvalue weighted by atomic mass is 35.5. The predicted octanol–water partition coefficient (Wildman–Crippen LogP) is 5.17. The van der Waals surface area contributed by atoms with Gasteiger partial charge in [0.2, 0.25) is 0 Å². The number of halogens is 1. The number of carbonyl (C=O) groups excluding carboxylic acids is 1. The number of thiazole rings is 1. The zero-order valence-electron chi connectivity index (χ0n) is 20.4. The highest BCUT2D eigenvalue weighted by molar-refractivity contribution is 7.98. The Bertz CT molecular complexity index is 1370. The number of para-hydroxylation sites is 2. The van der Waals surface area contributed by atoms with Gasteiger partial charge in [-0.25, -0.2) is 4.98 Å². The molecule has 0 bridgehead atoms. The number of hydrogen-bond donors (Lipinski definition) is 1. The Morgan fingerprint density at radius 3 is 2.73 bits per heavy atom. The monoisotopic (exact) mass is 554 g/mol. The lowest BCUT2D eigenvalue weighted by atomic mass is 10.2. The minimum absolute atomic E-state index is 0.134. The Balaban J connectivity index is 1.33. The molecule has 2 aromatic heterocycles. The van der Waals surface area contributed by atoms with Gasteiger partial charge in [-0.1, -0.05) is 47.6 Å². The molecule has 5 rings (SSSR count). The molecule has 1 fully saturated rings. The van der Waals surface area contributed by atoms with Gasteiger partial charge in [0, 0.05) is 24.0 Å². The van der Waals surface area contributed by atoms with E-state index in [1.54, 1.807) is 12.5 Å². The fourth-order valence-corrected chi connectivity index (χ4v) is 6.20. The molecule has 8 nitrogen and oxygen atoms in total. The average molecular weight is 555 g/mol. The maximum Gasteiger partial charge on any atom is 0.270 e. The summed E-state index contributed by atoms with van der Waals surface area (Å²) in [6.07, 6.45) is 2.48. The summed E-state index contributed by atoms with van der Waals surface area (Å²) < 4.78 is 7.57. The molecule has 0 unspecified atom stereocenters. The fraction of sp³-hybridized carbons (Fsp3) is 0.308. The second-order valence-electron chi connectivity index (χ2n) is 8.51. The smallest absolute Gasteiger partial charge is 0.270 e. The maximum absolute atomic E-state index is 12.6. The summed E-state index contributed by atoms with van der Waals surface area (Å²) in [6, 6.07) is 15.3. The van der Waals surface area contributed by atoms with Gasteiger partial charge in [0.15, 0.2) is 11.0 Å². The summed E-state index contributed by atoms with van der Waals surface area (Å²) in [7, 11) is 1.64. The SMILES string of the molecule is COc1ccccc1-n1c(SCc2nc(C(=O)NCCN3CCCC3)cs2)nnc1-c1ccccc1Cl. The fourth-order valence-electron chi connectivity index (χ4n) is 4.24. The molecule has 11 heteroatoms. The van der Waals surface area contributed by atoms with Crippen molar-refractivity contribution in [3.05, 3.63) is 69.6 Å². The van der Waals surface area contributed by atoms with E-state index in [2.05, 4.69) is 25.4 Å². The Kier molecular flexibility index (Phi) is 8.40. The maximum atomic E-state index is 12.6. The summed E-state index contributed by atoms with van der Waals surface area (Å²) in [4.78, 5) is 19.5. The molecule has 4 aromatic rings. The van der Waals surface area contributed by atoms with Crippen molar-refractivity contribution in [1.29, 1.82) is 0 Å². The first-order valence-corrected chi connectivity index (χ1v) is 14.3. The Labute approximate surface area is 229 Å². The van der Waals surface area contributed by atoms with Crippen LogP contribution in [0.1, 0.15) is 28.3 Å². The topological polar surface area (TPSA) is 85.2 Å². The predicted molar refractivity (Wildman–Crippen MR) is 148 cm³/mol. The van der Waals surface area contributed by atoms with Crippen molar-refractivity contribution in [3.8, 4) is 22.8 Å². The number of rotatable bonds is 10. The second kappa shape index (κ2) is 12.1. The minimum Gasteiger partial charge on any atom is -0.495 e. The number of aromatic nitrogens is 4. The van der Waals surface area contributed by atoms with Crippen LogP contribution in [0.15, 0.2) is 59.1 Å². The summed E-state index contributed by atoms with van der Waals surface area (Å²) >= 11 is 9.47. The molecule has 3 heterocycles. The van der Waals surface area contributed by atoms with Crippen molar-refractivity contribution < 1.29 is 9.53 Å². The molecule has 1 aliphatic heterocycles. The number of benzene rings is 2. The van der Waals surface area contributed by atoms with Crippen LogP contribution in [-0.4, -0.2) is 63.8 Å². The number of nitrogens with one attached hydrogen (secondary N) is 1. The van der Waals surface area contributed by atoms with Crippen LogP contribution in [-0.2, 0) is 5.75 Å². The molecule has 0 atom stereocenters. The summed E-state index contributed by atoms with van der Waals surface area (Å²) in [5.74, 6) is 1.72. The summed E-state index contributed by atoms with van der Waals surface area (Å²) in [5, 5.41) is 15.8. The number of likely N-dealkylation sites (tertiary alicyclic amines) is 1. The van der Waals surface area contributed by atoms with Crippen LogP contribution in [0.3, 0.4) is 0 Å². The first-order valence-electron chi connectivity index (χ1n) is 12.1. The number of nitrogens with zero attached hydrogens (tertiary/aromatic N) is 5. The van der Waals surface area contributed by atoms with E-state index < -0.39 is 0 Å². The lowest BCUT2D eigenvalue weighted by Crippen LogP contribution is -2.33. The summed E-state index contributed by atoms with van der Waals surface area (Å²) in [5.41, 5.74) is 2.03. The normalized spacial score (nSPS) is 13.7. The van der Waals surface area contributed by atoms with Crippen LogP contribution in [0.2, 0.25) is 5.02 Å². The first-order chi connectivity index (χ1) is 18.1. The Hall–Kier alpha value is -2.92. The molecule has 192 valence electrons. The molecule has 0 spiro atoms.